The first-order chi connectivity index (χ1) is 12.5. The third-order valence-corrected chi connectivity index (χ3v) is 4.42. The van der Waals surface area contributed by atoms with Crippen LogP contribution in [-0.2, 0) is 6.54 Å². The molecule has 0 spiro atoms. The topological polar surface area (TPSA) is 58.1 Å². The molecule has 0 saturated heterocycles. The number of carbonyl (C=O) groups excluding carboxylic acids is 1. The van der Waals surface area contributed by atoms with Crippen LogP contribution in [0.25, 0.3) is 0 Å². The lowest BCUT2D eigenvalue weighted by molar-refractivity contribution is 0.0784. The van der Waals surface area contributed by atoms with E-state index in [1.807, 2.05) is 30.3 Å². The van der Waals surface area contributed by atoms with Crippen LogP contribution in [0.5, 0.6) is 0 Å². The van der Waals surface area contributed by atoms with E-state index < -0.39 is 0 Å². The second kappa shape index (κ2) is 8.17. The van der Waals surface area contributed by atoms with Gasteiger partial charge in [-0.15, -0.1) is 0 Å². The number of carbonyl (C=O) groups is 1. The van der Waals surface area contributed by atoms with Crippen LogP contribution in [0.15, 0.2) is 60.9 Å². The summed E-state index contributed by atoms with van der Waals surface area (Å²) in [6.45, 7) is 0.517. The van der Waals surface area contributed by atoms with Gasteiger partial charge in [0.2, 0.25) is 5.95 Å². The molecular formula is C19H16Cl2N4O. The Morgan fingerprint density at radius 1 is 1.04 bits per heavy atom. The summed E-state index contributed by atoms with van der Waals surface area (Å²) < 4.78 is 0. The first-order valence-corrected chi connectivity index (χ1v) is 8.62. The minimum atomic E-state index is -0.144. The molecule has 0 bridgehead atoms. The smallest absolute Gasteiger partial charge is 0.257 e. The summed E-state index contributed by atoms with van der Waals surface area (Å²) in [4.78, 5) is 22.5. The van der Waals surface area contributed by atoms with Crippen molar-refractivity contribution in [3.05, 3.63) is 82.1 Å². The minimum absolute atomic E-state index is 0.144. The fraction of sp³-hybridized carbons (Fsp3) is 0.105. The number of nitrogens with zero attached hydrogens (tertiary/aromatic N) is 3. The van der Waals surface area contributed by atoms with E-state index >= 15 is 0 Å². The Balaban J connectivity index is 1.66. The summed E-state index contributed by atoms with van der Waals surface area (Å²) in [5.74, 6) is 0.223. The Bertz CT molecular complexity index is 901. The predicted molar refractivity (Wildman–Crippen MR) is 104 cm³/mol. The zero-order valence-corrected chi connectivity index (χ0v) is 15.5. The summed E-state index contributed by atoms with van der Waals surface area (Å²) in [5.41, 5.74) is 2.19. The molecule has 3 rings (SSSR count). The third kappa shape index (κ3) is 4.50. The van der Waals surface area contributed by atoms with Gasteiger partial charge in [-0.3, -0.25) is 4.79 Å². The predicted octanol–water partition coefficient (Wildman–Crippen LogP) is 4.80. The summed E-state index contributed by atoms with van der Waals surface area (Å²) in [7, 11) is 1.75. The number of aromatic nitrogens is 2. The van der Waals surface area contributed by atoms with Crippen LogP contribution in [0.2, 0.25) is 10.0 Å². The molecule has 26 heavy (non-hydrogen) atoms. The van der Waals surface area contributed by atoms with Crippen LogP contribution in [0.1, 0.15) is 15.9 Å². The Hall–Kier alpha value is -2.63. The fourth-order valence-corrected chi connectivity index (χ4v) is 2.65. The second-order valence-corrected chi connectivity index (χ2v) is 6.51. The Morgan fingerprint density at radius 3 is 2.38 bits per heavy atom. The molecule has 0 aliphatic heterocycles. The van der Waals surface area contributed by atoms with Gasteiger partial charge in [-0.2, -0.15) is 0 Å². The standard InChI is InChI=1S/C19H16Cl2N4O/c1-25(12-13-5-3-2-4-6-13)18(26)14-10-22-19(23-11-14)24-15-7-8-16(20)17(21)9-15/h2-11H,12H2,1H3,(H,22,23,24). The van der Waals surface area contributed by atoms with Gasteiger partial charge >= 0.3 is 0 Å². The van der Waals surface area contributed by atoms with Crippen LogP contribution in [-0.4, -0.2) is 27.8 Å². The van der Waals surface area contributed by atoms with Crippen molar-refractivity contribution < 1.29 is 4.79 Å². The van der Waals surface area contributed by atoms with Crippen molar-refractivity contribution in [2.45, 2.75) is 6.54 Å². The summed E-state index contributed by atoms with van der Waals surface area (Å²) in [6, 6.07) is 14.9. The van der Waals surface area contributed by atoms with Gasteiger partial charge < -0.3 is 10.2 Å². The van der Waals surface area contributed by atoms with E-state index in [-0.39, 0.29) is 5.91 Å². The molecule has 1 N–H and O–H groups in total. The quantitative estimate of drug-likeness (QED) is 0.683. The van der Waals surface area contributed by atoms with E-state index in [9.17, 15) is 4.79 Å². The second-order valence-electron chi connectivity index (χ2n) is 5.70. The molecule has 1 heterocycles. The molecule has 1 aromatic heterocycles. The molecular weight excluding hydrogens is 371 g/mol. The highest BCUT2D eigenvalue weighted by molar-refractivity contribution is 6.42. The zero-order chi connectivity index (χ0) is 18.5. The Labute approximate surface area is 161 Å². The number of halogens is 2. The zero-order valence-electron chi connectivity index (χ0n) is 14.0. The number of rotatable bonds is 5. The van der Waals surface area contributed by atoms with Gasteiger partial charge in [0.05, 0.1) is 15.6 Å². The number of hydrogen-bond donors (Lipinski definition) is 1. The summed E-state index contributed by atoms with van der Waals surface area (Å²) in [6.07, 6.45) is 2.99. The maximum atomic E-state index is 12.5. The van der Waals surface area contributed by atoms with Crippen LogP contribution >= 0.6 is 23.2 Å². The number of nitrogens with one attached hydrogen (secondary N) is 1. The van der Waals surface area contributed by atoms with Crippen molar-refractivity contribution in [1.82, 2.24) is 14.9 Å². The van der Waals surface area contributed by atoms with Crippen molar-refractivity contribution in [3.63, 3.8) is 0 Å². The average molecular weight is 387 g/mol. The number of amides is 1. The maximum absolute atomic E-state index is 12.5. The SMILES string of the molecule is CN(Cc1ccccc1)C(=O)c1cnc(Nc2ccc(Cl)c(Cl)c2)nc1. The van der Waals surface area contributed by atoms with Crippen molar-refractivity contribution in [3.8, 4) is 0 Å². The first-order valence-electron chi connectivity index (χ1n) is 7.86. The fourth-order valence-electron chi connectivity index (χ4n) is 2.36. The van der Waals surface area contributed by atoms with Crippen LogP contribution in [0.4, 0.5) is 11.6 Å². The monoisotopic (exact) mass is 386 g/mol. The molecule has 0 fully saturated rings. The van der Waals surface area contributed by atoms with Gasteiger partial charge in [0.25, 0.3) is 5.91 Å². The van der Waals surface area contributed by atoms with E-state index in [0.717, 1.165) is 5.56 Å². The van der Waals surface area contributed by atoms with Gasteiger partial charge in [-0.1, -0.05) is 53.5 Å². The molecule has 0 saturated carbocycles. The lowest BCUT2D eigenvalue weighted by Gasteiger charge is -2.17. The third-order valence-electron chi connectivity index (χ3n) is 3.68. The van der Waals surface area contributed by atoms with Gasteiger partial charge in [0, 0.05) is 31.7 Å². The molecule has 132 valence electrons. The van der Waals surface area contributed by atoms with Crippen molar-refractivity contribution in [2.24, 2.45) is 0 Å². The molecule has 7 heteroatoms. The van der Waals surface area contributed by atoms with Crippen LogP contribution in [0.3, 0.4) is 0 Å². The van der Waals surface area contributed by atoms with Crippen LogP contribution in [0, 0.1) is 0 Å². The number of hydrogen-bond acceptors (Lipinski definition) is 4. The van der Waals surface area contributed by atoms with Crippen molar-refractivity contribution in [2.75, 3.05) is 12.4 Å². The molecule has 0 radical (unpaired) electrons. The summed E-state index contributed by atoms with van der Waals surface area (Å²) in [5, 5.41) is 3.93. The number of benzene rings is 2. The van der Waals surface area contributed by atoms with E-state index in [1.165, 1.54) is 12.4 Å². The van der Waals surface area contributed by atoms with E-state index in [0.29, 0.717) is 33.8 Å². The Morgan fingerprint density at radius 2 is 1.73 bits per heavy atom. The lowest BCUT2D eigenvalue weighted by Crippen LogP contribution is -2.26. The molecule has 0 unspecified atom stereocenters. The largest absolute Gasteiger partial charge is 0.337 e. The van der Waals surface area contributed by atoms with Crippen molar-refractivity contribution in [1.29, 1.82) is 0 Å². The molecule has 0 aliphatic rings. The minimum Gasteiger partial charge on any atom is -0.337 e. The summed E-state index contributed by atoms with van der Waals surface area (Å²) >= 11 is 11.9. The molecule has 5 nitrogen and oxygen atoms in total. The van der Waals surface area contributed by atoms with Gasteiger partial charge in [0.15, 0.2) is 0 Å². The van der Waals surface area contributed by atoms with Gasteiger partial charge in [-0.25, -0.2) is 9.97 Å². The van der Waals surface area contributed by atoms with E-state index in [1.54, 1.807) is 30.1 Å². The van der Waals surface area contributed by atoms with E-state index in [4.69, 9.17) is 23.2 Å². The highest BCUT2D eigenvalue weighted by Crippen LogP contribution is 2.26. The molecule has 3 aromatic rings. The number of anilines is 2. The Kier molecular flexibility index (Phi) is 5.71. The maximum Gasteiger partial charge on any atom is 0.257 e. The van der Waals surface area contributed by atoms with Gasteiger partial charge in [0.1, 0.15) is 0 Å². The van der Waals surface area contributed by atoms with E-state index in [2.05, 4.69) is 15.3 Å². The highest BCUT2D eigenvalue weighted by Gasteiger charge is 2.13. The van der Waals surface area contributed by atoms with Gasteiger partial charge in [-0.05, 0) is 23.8 Å². The van der Waals surface area contributed by atoms with Crippen molar-refractivity contribution >= 4 is 40.7 Å². The first kappa shape index (κ1) is 18.2. The van der Waals surface area contributed by atoms with Crippen LogP contribution < -0.4 is 5.32 Å². The average Bonchev–Trinajstić information content (AvgIpc) is 2.65. The molecule has 2 aromatic carbocycles. The lowest BCUT2D eigenvalue weighted by atomic mass is 10.2. The molecule has 1 amide bonds. The molecule has 0 atom stereocenters. The molecule has 0 aliphatic carbocycles. The normalized spacial score (nSPS) is 10.4. The highest BCUT2D eigenvalue weighted by atomic mass is 35.5.